The first-order valence-corrected chi connectivity index (χ1v) is 11.9. The molecule has 0 unspecified atom stereocenters. The number of fused-ring (bicyclic) bond motifs is 2. The third kappa shape index (κ3) is 5.08. The van der Waals surface area contributed by atoms with E-state index in [9.17, 15) is 0 Å². The van der Waals surface area contributed by atoms with Gasteiger partial charge in [-0.2, -0.15) is 10.2 Å². The Balaban J connectivity index is 1.42. The summed E-state index contributed by atoms with van der Waals surface area (Å²) in [5.74, 6) is 2.30. The van der Waals surface area contributed by atoms with Crippen molar-refractivity contribution in [2.75, 3.05) is 47.6 Å². The SMILES string of the molecule is COCCN(CCOC)Cc1nc(-c2ccc3[nH]nc(-c4ccc5cc(OC)ccc5c4)c3c2)n[nH]1. The van der Waals surface area contributed by atoms with Crippen molar-refractivity contribution in [3.63, 3.8) is 0 Å². The molecule has 2 heterocycles. The lowest BCUT2D eigenvalue weighted by Gasteiger charge is -2.19. The Morgan fingerprint density at radius 3 is 2.31 bits per heavy atom. The molecular weight excluding hydrogens is 456 g/mol. The van der Waals surface area contributed by atoms with Crippen molar-refractivity contribution < 1.29 is 14.2 Å². The Bertz CT molecular complexity index is 1450. The maximum absolute atomic E-state index is 5.35. The molecule has 0 aliphatic carbocycles. The third-order valence-electron chi connectivity index (χ3n) is 6.27. The summed E-state index contributed by atoms with van der Waals surface area (Å²) in [4.78, 5) is 6.98. The number of aromatic nitrogens is 5. The van der Waals surface area contributed by atoms with E-state index in [2.05, 4.69) is 55.6 Å². The Morgan fingerprint density at radius 2 is 1.53 bits per heavy atom. The predicted octanol–water partition coefficient (Wildman–Crippen LogP) is 4.27. The minimum absolute atomic E-state index is 0.640. The highest BCUT2D eigenvalue weighted by atomic mass is 16.5. The zero-order valence-electron chi connectivity index (χ0n) is 20.7. The molecule has 186 valence electrons. The highest BCUT2D eigenvalue weighted by Gasteiger charge is 2.14. The summed E-state index contributed by atoms with van der Waals surface area (Å²) < 4.78 is 15.8. The molecule has 9 nitrogen and oxygen atoms in total. The van der Waals surface area contributed by atoms with Gasteiger partial charge in [0.15, 0.2) is 5.82 Å². The summed E-state index contributed by atoms with van der Waals surface area (Å²) in [6.07, 6.45) is 0. The number of methoxy groups -OCH3 is 3. The van der Waals surface area contributed by atoms with Crippen LogP contribution in [0.1, 0.15) is 5.82 Å². The first-order valence-electron chi connectivity index (χ1n) is 11.9. The van der Waals surface area contributed by atoms with Gasteiger partial charge in [-0.1, -0.05) is 18.2 Å². The molecule has 0 amide bonds. The normalized spacial score (nSPS) is 11.7. The van der Waals surface area contributed by atoms with Crippen molar-refractivity contribution in [2.45, 2.75) is 6.54 Å². The van der Waals surface area contributed by atoms with E-state index in [4.69, 9.17) is 19.2 Å². The molecule has 0 aliphatic heterocycles. The predicted molar refractivity (Wildman–Crippen MR) is 140 cm³/mol. The number of nitrogens with one attached hydrogen (secondary N) is 2. The Labute approximate surface area is 209 Å². The van der Waals surface area contributed by atoms with Crippen LogP contribution in [0.5, 0.6) is 5.75 Å². The van der Waals surface area contributed by atoms with Crippen LogP contribution in [0.3, 0.4) is 0 Å². The second-order valence-corrected chi connectivity index (χ2v) is 8.63. The van der Waals surface area contributed by atoms with E-state index in [0.29, 0.717) is 25.6 Å². The molecule has 0 spiro atoms. The summed E-state index contributed by atoms with van der Waals surface area (Å²) in [5.41, 5.74) is 3.83. The number of hydrogen-bond donors (Lipinski definition) is 2. The van der Waals surface area contributed by atoms with Gasteiger partial charge in [-0.3, -0.25) is 15.1 Å². The van der Waals surface area contributed by atoms with E-state index in [1.165, 1.54) is 0 Å². The Hall–Kier alpha value is -3.79. The van der Waals surface area contributed by atoms with Crippen LogP contribution in [0.2, 0.25) is 0 Å². The van der Waals surface area contributed by atoms with Crippen LogP contribution in [0.4, 0.5) is 0 Å². The fourth-order valence-corrected chi connectivity index (χ4v) is 4.29. The summed E-state index contributed by atoms with van der Waals surface area (Å²) in [7, 11) is 5.09. The summed E-state index contributed by atoms with van der Waals surface area (Å²) in [6.45, 7) is 3.51. The quantitative estimate of drug-likeness (QED) is 0.287. The van der Waals surface area contributed by atoms with Gasteiger partial charge < -0.3 is 14.2 Å². The largest absolute Gasteiger partial charge is 0.497 e. The van der Waals surface area contributed by atoms with Crippen molar-refractivity contribution >= 4 is 21.7 Å². The molecular formula is C27H30N6O3. The smallest absolute Gasteiger partial charge is 0.181 e. The lowest BCUT2D eigenvalue weighted by atomic mass is 10.0. The number of hydrogen-bond acceptors (Lipinski definition) is 7. The van der Waals surface area contributed by atoms with E-state index in [1.807, 2.05) is 24.3 Å². The highest BCUT2D eigenvalue weighted by Crippen LogP contribution is 2.32. The zero-order valence-corrected chi connectivity index (χ0v) is 20.7. The van der Waals surface area contributed by atoms with Crippen LogP contribution in [0.15, 0.2) is 54.6 Å². The molecule has 0 bridgehead atoms. The number of aromatic amines is 2. The summed E-state index contributed by atoms with van der Waals surface area (Å²) >= 11 is 0. The van der Waals surface area contributed by atoms with Gasteiger partial charge in [0.25, 0.3) is 0 Å². The molecule has 5 aromatic rings. The lowest BCUT2D eigenvalue weighted by Crippen LogP contribution is -2.30. The molecule has 36 heavy (non-hydrogen) atoms. The third-order valence-corrected chi connectivity index (χ3v) is 6.27. The monoisotopic (exact) mass is 486 g/mol. The molecule has 0 saturated heterocycles. The van der Waals surface area contributed by atoms with Gasteiger partial charge in [0.2, 0.25) is 0 Å². The zero-order chi connectivity index (χ0) is 24.9. The van der Waals surface area contributed by atoms with E-state index in [1.54, 1.807) is 21.3 Å². The van der Waals surface area contributed by atoms with Crippen LogP contribution in [0.25, 0.3) is 44.3 Å². The second-order valence-electron chi connectivity index (χ2n) is 8.63. The maximum Gasteiger partial charge on any atom is 0.181 e. The van der Waals surface area contributed by atoms with Crippen molar-refractivity contribution in [3.8, 4) is 28.4 Å². The van der Waals surface area contributed by atoms with Crippen molar-refractivity contribution in [1.82, 2.24) is 30.3 Å². The number of nitrogens with zero attached hydrogens (tertiary/aromatic N) is 4. The van der Waals surface area contributed by atoms with E-state index in [-0.39, 0.29) is 0 Å². The maximum atomic E-state index is 5.35. The van der Waals surface area contributed by atoms with Crippen LogP contribution < -0.4 is 4.74 Å². The van der Waals surface area contributed by atoms with Crippen LogP contribution in [0, 0.1) is 0 Å². The Morgan fingerprint density at radius 1 is 0.778 bits per heavy atom. The van der Waals surface area contributed by atoms with Gasteiger partial charge >= 0.3 is 0 Å². The van der Waals surface area contributed by atoms with Crippen LogP contribution >= 0.6 is 0 Å². The molecule has 2 N–H and O–H groups in total. The van der Waals surface area contributed by atoms with Gasteiger partial charge in [-0.15, -0.1) is 0 Å². The topological polar surface area (TPSA) is 101 Å². The van der Waals surface area contributed by atoms with Crippen molar-refractivity contribution in [2.24, 2.45) is 0 Å². The molecule has 2 aromatic heterocycles. The summed E-state index contributed by atoms with van der Waals surface area (Å²) in [6, 6.07) is 18.5. The molecule has 3 aromatic carbocycles. The number of rotatable bonds is 11. The average molecular weight is 487 g/mol. The minimum atomic E-state index is 0.640. The average Bonchev–Trinajstić information content (AvgIpc) is 3.56. The fraction of sp³-hybridized carbons (Fsp3) is 0.296. The molecule has 0 atom stereocenters. The first kappa shape index (κ1) is 23.9. The van der Waals surface area contributed by atoms with Gasteiger partial charge in [-0.25, -0.2) is 4.98 Å². The molecule has 0 saturated carbocycles. The van der Waals surface area contributed by atoms with Crippen molar-refractivity contribution in [3.05, 3.63) is 60.4 Å². The highest BCUT2D eigenvalue weighted by molar-refractivity contribution is 5.97. The fourth-order valence-electron chi connectivity index (χ4n) is 4.29. The van der Waals surface area contributed by atoms with E-state index >= 15 is 0 Å². The lowest BCUT2D eigenvalue weighted by molar-refractivity contribution is 0.109. The van der Waals surface area contributed by atoms with Gasteiger partial charge in [0, 0.05) is 43.8 Å². The molecule has 0 fully saturated rings. The standard InChI is InChI=1S/C27H30N6O3/c1-34-12-10-33(11-13-35-2)17-25-28-27(32-30-25)21-7-9-24-23(16-21)26(31-29-24)20-5-4-19-15-22(36-3)8-6-18(19)14-20/h4-9,14-16H,10-13,17H2,1-3H3,(H,29,31)(H,28,30,32). The second kappa shape index (κ2) is 10.9. The van der Waals surface area contributed by atoms with Crippen molar-refractivity contribution in [1.29, 1.82) is 0 Å². The molecule has 0 aliphatic rings. The van der Waals surface area contributed by atoms with E-state index in [0.717, 1.165) is 63.2 Å². The number of H-pyrrole nitrogens is 2. The van der Waals surface area contributed by atoms with Gasteiger partial charge in [0.1, 0.15) is 11.6 Å². The van der Waals surface area contributed by atoms with Gasteiger partial charge in [-0.05, 0) is 47.2 Å². The number of ether oxygens (including phenoxy) is 3. The minimum Gasteiger partial charge on any atom is -0.497 e. The van der Waals surface area contributed by atoms with Crippen LogP contribution in [-0.2, 0) is 16.0 Å². The molecule has 9 heteroatoms. The molecule has 5 rings (SSSR count). The molecule has 0 radical (unpaired) electrons. The Kier molecular flexibility index (Phi) is 7.22. The van der Waals surface area contributed by atoms with Crippen LogP contribution in [-0.4, -0.2) is 77.9 Å². The van der Waals surface area contributed by atoms with Gasteiger partial charge in [0.05, 0.1) is 38.1 Å². The first-order chi connectivity index (χ1) is 17.7. The van der Waals surface area contributed by atoms with E-state index < -0.39 is 0 Å². The number of benzene rings is 3. The summed E-state index contributed by atoms with van der Waals surface area (Å²) in [5, 5.41) is 18.6.